The third-order valence-corrected chi connectivity index (χ3v) is 5.37. The molecule has 0 fully saturated rings. The van der Waals surface area contributed by atoms with Crippen LogP contribution in [0.25, 0.3) is 0 Å². The Morgan fingerprint density at radius 3 is 2.70 bits per heavy atom. The normalized spacial score (nSPS) is 16.0. The molecule has 2 aromatic carbocycles. The molecule has 2 heterocycles. The van der Waals surface area contributed by atoms with Crippen LogP contribution in [0, 0.1) is 6.92 Å². The molecular weight excluding hydrogens is 426 g/mol. The predicted molar refractivity (Wildman–Crippen MR) is 112 cm³/mol. The van der Waals surface area contributed by atoms with E-state index in [9.17, 15) is 4.79 Å². The van der Waals surface area contributed by atoms with Gasteiger partial charge in [-0.3, -0.25) is 4.79 Å². The number of aromatic nitrogens is 2. The highest BCUT2D eigenvalue weighted by atomic mass is 79.9. The third-order valence-electron chi connectivity index (χ3n) is 4.88. The summed E-state index contributed by atoms with van der Waals surface area (Å²) in [7, 11) is 0. The Hall–Kier alpha value is -2.11. The molecule has 3 aromatic rings. The van der Waals surface area contributed by atoms with E-state index in [1.165, 1.54) is 11.1 Å². The van der Waals surface area contributed by atoms with Gasteiger partial charge in [0.15, 0.2) is 0 Å². The molecule has 1 aromatic heterocycles. The highest BCUT2D eigenvalue weighted by Gasteiger charge is 2.33. The number of hydrogen-bond donors (Lipinski definition) is 0. The standard InChI is InChI=1S/C21H20BrN3O.ClH/c1-15-5-7-16(8-6-15)9-10-24-13-19-12-23-14-25(19)20(21(24)26)17-3-2-4-18(22)11-17;/h2-8,11-12,14,20H,9-10,13H2,1H3;1H. The molecule has 0 radical (unpaired) electrons. The number of imidazole rings is 1. The lowest BCUT2D eigenvalue weighted by Gasteiger charge is -2.34. The summed E-state index contributed by atoms with van der Waals surface area (Å²) in [6.45, 7) is 3.40. The van der Waals surface area contributed by atoms with Gasteiger partial charge in [0.05, 0.1) is 18.6 Å². The summed E-state index contributed by atoms with van der Waals surface area (Å²) in [5, 5.41) is 0. The highest BCUT2D eigenvalue weighted by molar-refractivity contribution is 9.10. The molecule has 4 rings (SSSR count). The van der Waals surface area contributed by atoms with Gasteiger partial charge >= 0.3 is 0 Å². The number of rotatable bonds is 4. The quantitative estimate of drug-likeness (QED) is 0.590. The van der Waals surface area contributed by atoms with Gasteiger partial charge in [-0.2, -0.15) is 0 Å². The van der Waals surface area contributed by atoms with Gasteiger partial charge in [-0.15, -0.1) is 12.4 Å². The zero-order valence-corrected chi connectivity index (χ0v) is 17.4. The number of carbonyl (C=O) groups is 1. The fourth-order valence-corrected chi connectivity index (χ4v) is 3.86. The van der Waals surface area contributed by atoms with Crippen LogP contribution in [0.3, 0.4) is 0 Å². The Morgan fingerprint density at radius 1 is 1.19 bits per heavy atom. The fourth-order valence-electron chi connectivity index (χ4n) is 3.44. The maximum Gasteiger partial charge on any atom is 0.250 e. The van der Waals surface area contributed by atoms with Gasteiger partial charge in [-0.05, 0) is 36.6 Å². The number of halogens is 2. The molecule has 0 N–H and O–H groups in total. The minimum absolute atomic E-state index is 0. The van der Waals surface area contributed by atoms with Crippen LogP contribution in [0.5, 0.6) is 0 Å². The van der Waals surface area contributed by atoms with Crippen molar-refractivity contribution >= 4 is 34.2 Å². The Morgan fingerprint density at radius 2 is 1.96 bits per heavy atom. The van der Waals surface area contributed by atoms with Crippen molar-refractivity contribution in [2.24, 2.45) is 0 Å². The van der Waals surface area contributed by atoms with E-state index in [-0.39, 0.29) is 24.4 Å². The molecule has 4 nitrogen and oxygen atoms in total. The third kappa shape index (κ3) is 4.09. The molecular formula is C21H21BrClN3O. The Kier molecular flexibility index (Phi) is 6.02. The number of nitrogens with zero attached hydrogens (tertiary/aromatic N) is 3. The molecule has 0 spiro atoms. The summed E-state index contributed by atoms with van der Waals surface area (Å²) in [4.78, 5) is 19.5. The van der Waals surface area contributed by atoms with Gasteiger partial charge in [0.2, 0.25) is 0 Å². The lowest BCUT2D eigenvalue weighted by Crippen LogP contribution is -2.43. The molecule has 1 unspecified atom stereocenters. The van der Waals surface area contributed by atoms with Crippen molar-refractivity contribution in [2.75, 3.05) is 6.54 Å². The van der Waals surface area contributed by atoms with Crippen molar-refractivity contribution in [3.8, 4) is 0 Å². The SMILES string of the molecule is Cc1ccc(CCN2Cc3cncn3C(c3cccc(Br)c3)C2=O)cc1.Cl. The van der Waals surface area contributed by atoms with Crippen LogP contribution in [0.4, 0.5) is 0 Å². The van der Waals surface area contributed by atoms with Crippen molar-refractivity contribution in [2.45, 2.75) is 25.9 Å². The Labute approximate surface area is 173 Å². The number of aryl methyl sites for hydroxylation is 1. The van der Waals surface area contributed by atoms with Crippen LogP contribution in [-0.4, -0.2) is 26.9 Å². The molecule has 0 saturated carbocycles. The first-order chi connectivity index (χ1) is 12.6. The molecule has 0 bridgehead atoms. The van der Waals surface area contributed by atoms with E-state index in [0.29, 0.717) is 13.1 Å². The van der Waals surface area contributed by atoms with Crippen LogP contribution < -0.4 is 0 Å². The number of amides is 1. The van der Waals surface area contributed by atoms with Crippen molar-refractivity contribution in [3.05, 3.63) is 87.9 Å². The largest absolute Gasteiger partial charge is 0.334 e. The topological polar surface area (TPSA) is 38.1 Å². The minimum Gasteiger partial charge on any atom is -0.334 e. The van der Waals surface area contributed by atoms with Gasteiger partial charge < -0.3 is 9.47 Å². The van der Waals surface area contributed by atoms with E-state index in [0.717, 1.165) is 22.2 Å². The van der Waals surface area contributed by atoms with E-state index in [1.54, 1.807) is 6.33 Å². The van der Waals surface area contributed by atoms with Gasteiger partial charge in [0.25, 0.3) is 5.91 Å². The number of fused-ring (bicyclic) bond motifs is 1. The molecule has 140 valence electrons. The smallest absolute Gasteiger partial charge is 0.250 e. The molecule has 6 heteroatoms. The molecule has 1 aliphatic rings. The molecule has 27 heavy (non-hydrogen) atoms. The van der Waals surface area contributed by atoms with Crippen LogP contribution in [0.1, 0.15) is 28.4 Å². The highest BCUT2D eigenvalue weighted by Crippen LogP contribution is 2.29. The van der Waals surface area contributed by atoms with E-state index in [2.05, 4.69) is 52.1 Å². The average Bonchev–Trinajstić information content (AvgIpc) is 3.09. The average molecular weight is 447 g/mol. The van der Waals surface area contributed by atoms with Gasteiger partial charge in [0.1, 0.15) is 6.04 Å². The second-order valence-electron chi connectivity index (χ2n) is 6.75. The van der Waals surface area contributed by atoms with Crippen molar-refractivity contribution in [1.82, 2.24) is 14.5 Å². The van der Waals surface area contributed by atoms with Crippen LogP contribution in [0.15, 0.2) is 65.5 Å². The molecule has 1 atom stereocenters. The van der Waals surface area contributed by atoms with Gasteiger partial charge in [-0.25, -0.2) is 4.98 Å². The monoisotopic (exact) mass is 445 g/mol. The molecule has 0 saturated heterocycles. The van der Waals surface area contributed by atoms with Crippen molar-refractivity contribution in [3.63, 3.8) is 0 Å². The first-order valence-corrected chi connectivity index (χ1v) is 9.51. The van der Waals surface area contributed by atoms with E-state index in [1.807, 2.05) is 39.9 Å². The van der Waals surface area contributed by atoms with Crippen molar-refractivity contribution in [1.29, 1.82) is 0 Å². The molecule has 0 aliphatic carbocycles. The summed E-state index contributed by atoms with van der Waals surface area (Å²) >= 11 is 3.51. The van der Waals surface area contributed by atoms with Crippen LogP contribution in [-0.2, 0) is 17.8 Å². The first-order valence-electron chi connectivity index (χ1n) is 8.72. The summed E-state index contributed by atoms with van der Waals surface area (Å²) in [6, 6.07) is 16.1. The van der Waals surface area contributed by atoms with Gasteiger partial charge in [0, 0.05) is 17.2 Å². The number of carbonyl (C=O) groups excluding carboxylic acids is 1. The Bertz CT molecular complexity index is 939. The second kappa shape index (κ2) is 8.28. The van der Waals surface area contributed by atoms with Gasteiger partial charge in [-0.1, -0.05) is 57.9 Å². The summed E-state index contributed by atoms with van der Waals surface area (Å²) in [6.07, 6.45) is 4.47. The lowest BCUT2D eigenvalue weighted by atomic mass is 10.0. The summed E-state index contributed by atoms with van der Waals surface area (Å²) in [5.74, 6) is 0.126. The maximum atomic E-state index is 13.2. The predicted octanol–water partition coefficient (Wildman–Crippen LogP) is 4.55. The van der Waals surface area contributed by atoms with Crippen LogP contribution >= 0.6 is 28.3 Å². The van der Waals surface area contributed by atoms with E-state index < -0.39 is 0 Å². The second-order valence-corrected chi connectivity index (χ2v) is 7.66. The van der Waals surface area contributed by atoms with Crippen molar-refractivity contribution < 1.29 is 4.79 Å². The number of benzene rings is 2. The fraction of sp³-hybridized carbons (Fsp3) is 0.238. The summed E-state index contributed by atoms with van der Waals surface area (Å²) in [5.41, 5.74) is 4.55. The zero-order valence-electron chi connectivity index (χ0n) is 15.0. The minimum atomic E-state index is -0.350. The number of hydrogen-bond acceptors (Lipinski definition) is 2. The van der Waals surface area contributed by atoms with E-state index >= 15 is 0 Å². The van der Waals surface area contributed by atoms with E-state index in [4.69, 9.17) is 0 Å². The summed E-state index contributed by atoms with van der Waals surface area (Å²) < 4.78 is 2.97. The molecule has 1 amide bonds. The zero-order chi connectivity index (χ0) is 18.1. The van der Waals surface area contributed by atoms with Crippen LogP contribution in [0.2, 0.25) is 0 Å². The maximum absolute atomic E-state index is 13.2. The molecule has 1 aliphatic heterocycles. The Balaban J connectivity index is 0.00000210. The lowest BCUT2D eigenvalue weighted by molar-refractivity contribution is -0.136. The first kappa shape index (κ1) is 19.6.